The summed E-state index contributed by atoms with van der Waals surface area (Å²) in [5.74, 6) is 0. The zero-order chi connectivity index (χ0) is 23.9. The maximum absolute atomic E-state index is 2.52. The van der Waals surface area contributed by atoms with Gasteiger partial charge in [-0.2, -0.15) is 0 Å². The molecular weight excluding hydrogens is 436 g/mol. The van der Waals surface area contributed by atoms with E-state index in [9.17, 15) is 0 Å². The summed E-state index contributed by atoms with van der Waals surface area (Å²) in [5, 5.41) is 8.06. The van der Waals surface area contributed by atoms with Crippen molar-refractivity contribution in [2.45, 2.75) is 19.3 Å². The molecule has 0 bridgehead atoms. The van der Waals surface area contributed by atoms with Crippen LogP contribution in [0, 0.1) is 0 Å². The monoisotopic (exact) mass is 460 g/mol. The second kappa shape index (κ2) is 5.91. The molecule has 9 rings (SSSR count). The standard InChI is InChI=1S/C34H24N2/c1-34(2)24-14-6-4-11-22(24)29-25(34)18-23-21-13-8-12-20-19-10-5-7-15-26(19)36(32(20)21)28-17-9-16-27-31(28)30(23)33(29)35(27)3/h4-18H,1-3H3. The van der Waals surface area contributed by atoms with Gasteiger partial charge in [0.15, 0.2) is 0 Å². The molecule has 0 spiro atoms. The number of rotatable bonds is 0. The van der Waals surface area contributed by atoms with Crippen molar-refractivity contribution in [1.82, 2.24) is 8.97 Å². The van der Waals surface area contributed by atoms with E-state index in [1.165, 1.54) is 82.2 Å². The van der Waals surface area contributed by atoms with Gasteiger partial charge < -0.3 is 8.97 Å². The lowest BCUT2D eigenvalue weighted by Crippen LogP contribution is -2.14. The highest BCUT2D eigenvalue weighted by Crippen LogP contribution is 2.55. The summed E-state index contributed by atoms with van der Waals surface area (Å²) < 4.78 is 4.97. The minimum Gasteiger partial charge on any atom is -0.343 e. The molecular formula is C34H24N2. The first-order valence-electron chi connectivity index (χ1n) is 12.8. The van der Waals surface area contributed by atoms with Crippen molar-refractivity contribution in [2.24, 2.45) is 7.05 Å². The molecule has 170 valence electrons. The molecule has 0 aliphatic heterocycles. The van der Waals surface area contributed by atoms with Crippen LogP contribution in [0.5, 0.6) is 0 Å². The van der Waals surface area contributed by atoms with Gasteiger partial charge >= 0.3 is 0 Å². The fourth-order valence-electron chi connectivity index (χ4n) is 7.48. The van der Waals surface area contributed by atoms with Crippen LogP contribution in [0.2, 0.25) is 0 Å². The Bertz CT molecular complexity index is 2240. The number of aromatic nitrogens is 2. The first kappa shape index (κ1) is 19.0. The number of para-hydroxylation sites is 2. The van der Waals surface area contributed by atoms with Gasteiger partial charge in [-0.1, -0.05) is 80.6 Å². The van der Waals surface area contributed by atoms with E-state index in [-0.39, 0.29) is 5.41 Å². The molecule has 3 heterocycles. The zero-order valence-electron chi connectivity index (χ0n) is 20.6. The predicted molar refractivity (Wildman–Crippen MR) is 153 cm³/mol. The van der Waals surface area contributed by atoms with Crippen LogP contribution in [-0.2, 0) is 12.5 Å². The van der Waals surface area contributed by atoms with Crippen molar-refractivity contribution in [3.05, 3.63) is 102 Å². The third-order valence-electron chi connectivity index (χ3n) is 9.04. The summed E-state index contributed by atoms with van der Waals surface area (Å²) in [4.78, 5) is 0. The van der Waals surface area contributed by atoms with Crippen molar-refractivity contribution < 1.29 is 0 Å². The summed E-state index contributed by atoms with van der Waals surface area (Å²) in [6, 6.07) is 34.1. The van der Waals surface area contributed by atoms with Crippen molar-refractivity contribution in [3.8, 4) is 11.1 Å². The Kier molecular flexibility index (Phi) is 3.11. The first-order chi connectivity index (χ1) is 17.6. The second-order valence-electron chi connectivity index (χ2n) is 11.0. The predicted octanol–water partition coefficient (Wildman–Crippen LogP) is 8.79. The number of fused-ring (bicyclic) bond motifs is 9. The summed E-state index contributed by atoms with van der Waals surface area (Å²) in [7, 11) is 2.25. The lowest BCUT2D eigenvalue weighted by Gasteiger charge is -2.22. The largest absolute Gasteiger partial charge is 0.343 e. The molecule has 0 fully saturated rings. The molecule has 36 heavy (non-hydrogen) atoms. The van der Waals surface area contributed by atoms with Gasteiger partial charge in [-0.25, -0.2) is 0 Å². The van der Waals surface area contributed by atoms with E-state index in [1.54, 1.807) is 0 Å². The van der Waals surface area contributed by atoms with Gasteiger partial charge in [0.25, 0.3) is 0 Å². The quantitative estimate of drug-likeness (QED) is 0.214. The summed E-state index contributed by atoms with van der Waals surface area (Å²) in [5.41, 5.74) is 12.1. The van der Waals surface area contributed by atoms with Crippen LogP contribution < -0.4 is 0 Å². The van der Waals surface area contributed by atoms with E-state index in [0.717, 1.165) is 0 Å². The Morgan fingerprint density at radius 2 is 1.22 bits per heavy atom. The van der Waals surface area contributed by atoms with Gasteiger partial charge in [0.05, 0.1) is 27.6 Å². The summed E-state index contributed by atoms with van der Waals surface area (Å²) in [6.45, 7) is 4.77. The molecule has 2 nitrogen and oxygen atoms in total. The molecule has 0 unspecified atom stereocenters. The molecule has 0 radical (unpaired) electrons. The van der Waals surface area contributed by atoms with Crippen LogP contribution in [0.3, 0.4) is 0 Å². The fraction of sp³-hybridized carbons (Fsp3) is 0.118. The van der Waals surface area contributed by atoms with Crippen LogP contribution in [0.25, 0.3) is 71.0 Å². The van der Waals surface area contributed by atoms with Crippen LogP contribution in [-0.4, -0.2) is 8.97 Å². The lowest BCUT2D eigenvalue weighted by atomic mass is 9.81. The Morgan fingerprint density at radius 3 is 2.11 bits per heavy atom. The molecule has 8 aromatic rings. The van der Waals surface area contributed by atoms with Gasteiger partial charge in [-0.05, 0) is 46.3 Å². The number of aryl methyl sites for hydroxylation is 1. The van der Waals surface area contributed by atoms with E-state index >= 15 is 0 Å². The summed E-state index contributed by atoms with van der Waals surface area (Å²) >= 11 is 0. The normalized spacial score (nSPS) is 14.8. The van der Waals surface area contributed by atoms with Gasteiger partial charge in [0, 0.05) is 45.0 Å². The van der Waals surface area contributed by atoms with Crippen molar-refractivity contribution >= 4 is 59.9 Å². The molecule has 0 saturated carbocycles. The van der Waals surface area contributed by atoms with Crippen LogP contribution in [0.15, 0.2) is 91.0 Å². The smallest absolute Gasteiger partial charge is 0.0619 e. The number of benzene rings is 5. The second-order valence-corrected chi connectivity index (χ2v) is 11.0. The maximum Gasteiger partial charge on any atom is 0.0619 e. The number of nitrogens with zero attached hydrogens (tertiary/aromatic N) is 2. The summed E-state index contributed by atoms with van der Waals surface area (Å²) in [6.07, 6.45) is 0. The van der Waals surface area contributed by atoms with Gasteiger partial charge in [-0.15, -0.1) is 0 Å². The Morgan fingerprint density at radius 1 is 0.556 bits per heavy atom. The molecule has 5 aromatic carbocycles. The first-order valence-corrected chi connectivity index (χ1v) is 12.8. The van der Waals surface area contributed by atoms with Crippen LogP contribution >= 0.6 is 0 Å². The Balaban J connectivity index is 1.71. The van der Waals surface area contributed by atoms with E-state index in [2.05, 4.69) is 121 Å². The van der Waals surface area contributed by atoms with E-state index < -0.39 is 0 Å². The zero-order valence-corrected chi connectivity index (χ0v) is 20.6. The van der Waals surface area contributed by atoms with Crippen molar-refractivity contribution in [3.63, 3.8) is 0 Å². The lowest BCUT2D eigenvalue weighted by molar-refractivity contribution is 0.661. The average Bonchev–Trinajstić information content (AvgIpc) is 3.44. The molecule has 0 atom stereocenters. The highest BCUT2D eigenvalue weighted by Gasteiger charge is 2.38. The SMILES string of the molecule is Cn1c2cccc3c2c2c(cc4c(c21)-c1ccccc1C4(C)C)c1cccc2c4ccccc4n3c12. The van der Waals surface area contributed by atoms with Crippen LogP contribution in [0.1, 0.15) is 25.0 Å². The molecule has 0 N–H and O–H groups in total. The minimum absolute atomic E-state index is 0.0528. The highest BCUT2D eigenvalue weighted by molar-refractivity contribution is 6.33. The van der Waals surface area contributed by atoms with Crippen LogP contribution in [0.4, 0.5) is 0 Å². The molecule has 1 aliphatic carbocycles. The Hall–Kier alpha value is -4.30. The molecule has 3 aromatic heterocycles. The highest BCUT2D eigenvalue weighted by atomic mass is 15.0. The average molecular weight is 461 g/mol. The van der Waals surface area contributed by atoms with E-state index in [0.29, 0.717) is 0 Å². The van der Waals surface area contributed by atoms with Crippen molar-refractivity contribution in [1.29, 1.82) is 0 Å². The molecule has 0 amide bonds. The van der Waals surface area contributed by atoms with E-state index in [4.69, 9.17) is 0 Å². The van der Waals surface area contributed by atoms with Crippen molar-refractivity contribution in [2.75, 3.05) is 0 Å². The third kappa shape index (κ3) is 1.89. The maximum atomic E-state index is 2.52. The minimum atomic E-state index is -0.0528. The fourth-order valence-corrected chi connectivity index (χ4v) is 7.48. The number of hydrogen-bond donors (Lipinski definition) is 0. The molecule has 1 aliphatic rings. The van der Waals surface area contributed by atoms with Gasteiger partial charge in [0.1, 0.15) is 0 Å². The topological polar surface area (TPSA) is 9.34 Å². The van der Waals surface area contributed by atoms with Gasteiger partial charge in [-0.3, -0.25) is 0 Å². The third-order valence-corrected chi connectivity index (χ3v) is 9.04. The molecule has 2 heteroatoms. The Labute approximate surface area is 208 Å². The number of hydrogen-bond acceptors (Lipinski definition) is 0. The van der Waals surface area contributed by atoms with E-state index in [1.807, 2.05) is 0 Å². The van der Waals surface area contributed by atoms with Gasteiger partial charge in [0.2, 0.25) is 0 Å². The molecule has 0 saturated heterocycles.